The maximum absolute atomic E-state index is 14.9. The van der Waals surface area contributed by atoms with Crippen LogP contribution in [-0.2, 0) is 10.2 Å². The monoisotopic (exact) mass is 572 g/mol. The standard InChI is InChI=1S/C36H29ClN2O3/c1-20-12-15-23(16-13-20)33(40)32-31(34(41)24-8-4-6-10-27(24)37)36(26-9-5-7-11-28(26)38-35(36)42)30-19-22(3)25-18-21(2)14-17-29(25)39(30)32/h4-19,30-32H,1-3H3,(H,38,42)/t30-,31-,32-,36-/m1/s1. The van der Waals surface area contributed by atoms with Crippen molar-refractivity contribution in [2.75, 3.05) is 10.2 Å². The van der Waals surface area contributed by atoms with Gasteiger partial charge in [0.25, 0.3) is 0 Å². The SMILES string of the molecule is CC1=C[C@H]2N(c3ccc(C)cc31)[C@@H](C(=O)c1ccc(C)cc1)[C@H](C(=O)c1ccccc1Cl)[C@]21C(=O)Nc2ccccc21. The minimum absolute atomic E-state index is 0.209. The molecule has 208 valence electrons. The zero-order chi connectivity index (χ0) is 29.3. The summed E-state index contributed by atoms with van der Waals surface area (Å²) in [6, 6.07) is 26.4. The Labute approximate surface area is 249 Å². The molecule has 1 spiro atoms. The van der Waals surface area contributed by atoms with Gasteiger partial charge in [-0.15, -0.1) is 0 Å². The normalized spacial score (nSPS) is 23.6. The number of halogens is 1. The van der Waals surface area contributed by atoms with E-state index in [4.69, 9.17) is 11.6 Å². The minimum atomic E-state index is -1.37. The number of nitrogens with one attached hydrogen (secondary N) is 1. The third-order valence-corrected chi connectivity index (χ3v) is 9.49. The van der Waals surface area contributed by atoms with Gasteiger partial charge in [-0.05, 0) is 62.2 Å². The molecule has 42 heavy (non-hydrogen) atoms. The number of carbonyl (C=O) groups excluding carboxylic acids is 3. The molecule has 1 N–H and O–H groups in total. The lowest BCUT2D eigenvalue weighted by atomic mass is 9.64. The fourth-order valence-corrected chi connectivity index (χ4v) is 7.49. The molecule has 4 aromatic rings. The van der Waals surface area contributed by atoms with Crippen LogP contribution in [0.15, 0.2) is 97.1 Å². The Morgan fingerprint density at radius 3 is 2.29 bits per heavy atom. The molecule has 1 saturated heterocycles. The molecule has 0 unspecified atom stereocenters. The lowest BCUT2D eigenvalue weighted by Crippen LogP contribution is -2.51. The molecule has 0 aliphatic carbocycles. The summed E-state index contributed by atoms with van der Waals surface area (Å²) in [6.07, 6.45) is 2.07. The second-order valence-corrected chi connectivity index (χ2v) is 12.0. The van der Waals surface area contributed by atoms with Gasteiger partial charge in [0.1, 0.15) is 11.5 Å². The van der Waals surface area contributed by atoms with Gasteiger partial charge in [0.15, 0.2) is 11.6 Å². The Balaban J connectivity index is 1.57. The number of nitrogens with zero attached hydrogens (tertiary/aromatic N) is 1. The van der Waals surface area contributed by atoms with Crippen molar-refractivity contribution in [3.63, 3.8) is 0 Å². The molecule has 6 heteroatoms. The van der Waals surface area contributed by atoms with Gasteiger partial charge < -0.3 is 10.2 Å². The number of ketones is 2. The van der Waals surface area contributed by atoms with Crippen LogP contribution in [0.25, 0.3) is 5.57 Å². The van der Waals surface area contributed by atoms with Gasteiger partial charge >= 0.3 is 0 Å². The van der Waals surface area contributed by atoms with Crippen molar-refractivity contribution in [2.45, 2.75) is 38.3 Å². The number of aryl methyl sites for hydroxylation is 2. The number of hydrogen-bond acceptors (Lipinski definition) is 4. The van der Waals surface area contributed by atoms with Crippen LogP contribution in [0.3, 0.4) is 0 Å². The average Bonchev–Trinajstić information content (AvgIpc) is 3.45. The van der Waals surface area contributed by atoms with Crippen molar-refractivity contribution in [1.29, 1.82) is 0 Å². The van der Waals surface area contributed by atoms with E-state index in [9.17, 15) is 14.4 Å². The largest absolute Gasteiger partial charge is 0.352 e. The number of carbonyl (C=O) groups is 3. The van der Waals surface area contributed by atoms with Gasteiger partial charge in [0, 0.05) is 28.1 Å². The summed E-state index contributed by atoms with van der Waals surface area (Å²) in [5.41, 5.74) is 5.72. The Kier molecular flexibility index (Phi) is 6.00. The first-order valence-corrected chi connectivity index (χ1v) is 14.5. The van der Waals surface area contributed by atoms with Crippen LogP contribution < -0.4 is 10.2 Å². The van der Waals surface area contributed by atoms with Gasteiger partial charge in [-0.2, -0.15) is 0 Å². The zero-order valence-corrected chi connectivity index (χ0v) is 24.3. The predicted molar refractivity (Wildman–Crippen MR) is 166 cm³/mol. The summed E-state index contributed by atoms with van der Waals surface area (Å²) < 4.78 is 0. The molecule has 0 aromatic heterocycles. The molecule has 0 radical (unpaired) electrons. The van der Waals surface area contributed by atoms with Crippen molar-refractivity contribution < 1.29 is 14.4 Å². The molecular weight excluding hydrogens is 544 g/mol. The van der Waals surface area contributed by atoms with Crippen LogP contribution in [-0.4, -0.2) is 29.6 Å². The summed E-state index contributed by atoms with van der Waals surface area (Å²) in [4.78, 5) is 46.2. The second-order valence-electron chi connectivity index (χ2n) is 11.6. The number of fused-ring (bicyclic) bond motifs is 6. The Hall–Kier alpha value is -4.48. The number of para-hydroxylation sites is 1. The van der Waals surface area contributed by atoms with E-state index in [2.05, 4.69) is 17.5 Å². The van der Waals surface area contributed by atoms with E-state index >= 15 is 0 Å². The minimum Gasteiger partial charge on any atom is -0.352 e. The summed E-state index contributed by atoms with van der Waals surface area (Å²) >= 11 is 6.63. The van der Waals surface area contributed by atoms with Gasteiger partial charge in [0.2, 0.25) is 5.91 Å². The molecule has 1 amide bonds. The molecular formula is C36H29ClN2O3. The molecule has 3 aliphatic heterocycles. The van der Waals surface area contributed by atoms with E-state index in [1.165, 1.54) is 0 Å². The molecule has 4 aromatic carbocycles. The Bertz CT molecular complexity index is 1840. The fraction of sp³-hybridized carbons (Fsp3) is 0.194. The van der Waals surface area contributed by atoms with Crippen molar-refractivity contribution >= 4 is 46.0 Å². The van der Waals surface area contributed by atoms with Gasteiger partial charge in [-0.25, -0.2) is 0 Å². The van der Waals surface area contributed by atoms with Crippen molar-refractivity contribution in [1.82, 2.24) is 0 Å². The van der Waals surface area contributed by atoms with Crippen LogP contribution in [0.4, 0.5) is 11.4 Å². The van der Waals surface area contributed by atoms with Crippen molar-refractivity contribution in [3.8, 4) is 0 Å². The van der Waals surface area contributed by atoms with Crippen LogP contribution in [0.5, 0.6) is 0 Å². The summed E-state index contributed by atoms with van der Waals surface area (Å²) in [7, 11) is 0. The molecule has 3 heterocycles. The lowest BCUT2D eigenvalue weighted by Gasteiger charge is -2.39. The number of hydrogen-bond donors (Lipinski definition) is 1. The van der Waals surface area contributed by atoms with Crippen LogP contribution in [0.2, 0.25) is 5.02 Å². The van der Waals surface area contributed by atoms with Crippen LogP contribution in [0, 0.1) is 19.8 Å². The molecule has 0 bridgehead atoms. The number of anilines is 2. The fourth-order valence-electron chi connectivity index (χ4n) is 7.26. The van der Waals surface area contributed by atoms with Gasteiger partial charge in [-0.1, -0.05) is 89.5 Å². The van der Waals surface area contributed by atoms with E-state index in [1.54, 1.807) is 36.4 Å². The first kappa shape index (κ1) is 26.4. The summed E-state index contributed by atoms with van der Waals surface area (Å²) in [5.74, 6) is -1.88. The Morgan fingerprint density at radius 1 is 0.833 bits per heavy atom. The smallest absolute Gasteiger partial charge is 0.238 e. The number of rotatable bonds is 4. The zero-order valence-electron chi connectivity index (χ0n) is 23.5. The second kappa shape index (κ2) is 9.53. The van der Waals surface area contributed by atoms with Gasteiger partial charge in [-0.3, -0.25) is 14.4 Å². The maximum atomic E-state index is 14.9. The molecule has 4 atom stereocenters. The Morgan fingerprint density at radius 2 is 1.52 bits per heavy atom. The molecule has 7 rings (SSSR count). The van der Waals surface area contributed by atoms with Crippen LogP contribution in [0.1, 0.15) is 49.9 Å². The number of amides is 1. The van der Waals surface area contributed by atoms with Crippen LogP contribution >= 0.6 is 11.6 Å². The average molecular weight is 573 g/mol. The third kappa shape index (κ3) is 3.59. The highest BCUT2D eigenvalue weighted by Crippen LogP contribution is 2.59. The first-order chi connectivity index (χ1) is 20.2. The lowest BCUT2D eigenvalue weighted by molar-refractivity contribution is -0.121. The predicted octanol–water partition coefficient (Wildman–Crippen LogP) is 7.20. The quantitative estimate of drug-likeness (QED) is 0.263. The topological polar surface area (TPSA) is 66.5 Å². The summed E-state index contributed by atoms with van der Waals surface area (Å²) in [6.45, 7) is 6.03. The first-order valence-electron chi connectivity index (χ1n) is 14.1. The molecule has 5 nitrogen and oxygen atoms in total. The number of allylic oxidation sites excluding steroid dienone is 1. The van der Waals surface area contributed by atoms with E-state index in [1.807, 2.05) is 74.2 Å². The highest BCUT2D eigenvalue weighted by atomic mass is 35.5. The molecule has 1 fully saturated rings. The highest BCUT2D eigenvalue weighted by Gasteiger charge is 2.70. The van der Waals surface area contributed by atoms with Crippen molar-refractivity contribution in [3.05, 3.63) is 135 Å². The maximum Gasteiger partial charge on any atom is 0.238 e. The number of benzene rings is 4. The number of Topliss-reactive ketones (excluding diaryl/α,β-unsaturated/α-hetero) is 2. The molecule has 3 aliphatic rings. The van der Waals surface area contributed by atoms with Crippen molar-refractivity contribution in [2.24, 2.45) is 5.92 Å². The highest BCUT2D eigenvalue weighted by molar-refractivity contribution is 6.34. The summed E-state index contributed by atoms with van der Waals surface area (Å²) in [5, 5.41) is 3.37. The third-order valence-electron chi connectivity index (χ3n) is 9.16. The van der Waals surface area contributed by atoms with E-state index in [0.717, 1.165) is 28.0 Å². The van der Waals surface area contributed by atoms with E-state index in [0.29, 0.717) is 27.4 Å². The van der Waals surface area contributed by atoms with E-state index < -0.39 is 23.4 Å². The van der Waals surface area contributed by atoms with E-state index in [-0.39, 0.29) is 17.5 Å². The van der Waals surface area contributed by atoms with Gasteiger partial charge in [0.05, 0.1) is 17.0 Å². The molecule has 0 saturated carbocycles.